The fourth-order valence-corrected chi connectivity index (χ4v) is 2.16. The van der Waals surface area contributed by atoms with Crippen LogP contribution in [0.2, 0.25) is 0 Å². The Kier molecular flexibility index (Phi) is 4.50. The van der Waals surface area contributed by atoms with Gasteiger partial charge in [0.15, 0.2) is 11.5 Å². The third-order valence-electron chi connectivity index (χ3n) is 3.22. The number of nitriles is 1. The molecule has 0 saturated heterocycles. The number of terminal acetylenes is 1. The number of pyridine rings is 1. The maximum Gasteiger partial charge on any atom is 0.269 e. The topological polar surface area (TPSA) is 64.2 Å². The molecular weight excluding hydrogens is 280 g/mol. The van der Waals surface area contributed by atoms with Crippen LogP contribution < -0.4 is 15.0 Å². The maximum absolute atomic E-state index is 12.3. The van der Waals surface area contributed by atoms with Gasteiger partial charge in [0.05, 0.1) is 26.5 Å². The highest BCUT2D eigenvalue weighted by Crippen LogP contribution is 2.31. The molecule has 1 aromatic heterocycles. The highest BCUT2D eigenvalue weighted by Gasteiger charge is 2.12. The fourth-order valence-electron chi connectivity index (χ4n) is 2.16. The Labute approximate surface area is 128 Å². The van der Waals surface area contributed by atoms with Crippen molar-refractivity contribution in [3.8, 4) is 41.2 Å². The number of hydrogen-bond donors (Lipinski definition) is 0. The van der Waals surface area contributed by atoms with Gasteiger partial charge in [-0.05, 0) is 30.3 Å². The van der Waals surface area contributed by atoms with Crippen molar-refractivity contribution in [2.24, 2.45) is 0 Å². The predicted molar refractivity (Wildman–Crippen MR) is 82.8 cm³/mol. The second-order valence-corrected chi connectivity index (χ2v) is 4.41. The average molecular weight is 294 g/mol. The number of rotatable bonds is 4. The molecule has 0 aliphatic carbocycles. The van der Waals surface area contributed by atoms with Gasteiger partial charge in [-0.1, -0.05) is 5.92 Å². The monoisotopic (exact) mass is 294 g/mol. The van der Waals surface area contributed by atoms with E-state index in [1.54, 1.807) is 31.4 Å². The van der Waals surface area contributed by atoms with E-state index in [1.165, 1.54) is 17.7 Å². The minimum absolute atomic E-state index is 0.0551. The van der Waals surface area contributed by atoms with Gasteiger partial charge in [-0.2, -0.15) is 5.26 Å². The van der Waals surface area contributed by atoms with Gasteiger partial charge in [0.1, 0.15) is 11.6 Å². The first-order chi connectivity index (χ1) is 10.7. The van der Waals surface area contributed by atoms with E-state index in [2.05, 4.69) is 5.92 Å². The van der Waals surface area contributed by atoms with E-state index in [9.17, 15) is 4.79 Å². The molecule has 0 unspecified atom stereocenters. The Hall–Kier alpha value is -3.18. The van der Waals surface area contributed by atoms with E-state index in [4.69, 9.17) is 21.2 Å². The zero-order valence-corrected chi connectivity index (χ0v) is 12.3. The van der Waals surface area contributed by atoms with E-state index >= 15 is 0 Å². The Morgan fingerprint density at radius 3 is 2.50 bits per heavy atom. The molecule has 0 radical (unpaired) electrons. The van der Waals surface area contributed by atoms with Crippen molar-refractivity contribution < 1.29 is 9.47 Å². The van der Waals surface area contributed by atoms with Crippen LogP contribution in [0.1, 0.15) is 5.56 Å². The van der Waals surface area contributed by atoms with Gasteiger partial charge in [0, 0.05) is 5.56 Å². The van der Waals surface area contributed by atoms with Crippen LogP contribution >= 0.6 is 0 Å². The van der Waals surface area contributed by atoms with Crippen LogP contribution in [-0.4, -0.2) is 18.8 Å². The highest BCUT2D eigenvalue weighted by atomic mass is 16.5. The van der Waals surface area contributed by atoms with Crippen LogP contribution in [0.25, 0.3) is 11.3 Å². The molecule has 0 N–H and O–H groups in total. The first kappa shape index (κ1) is 15.2. The number of methoxy groups -OCH3 is 2. The number of benzene rings is 1. The number of nitrogens with zero attached hydrogens (tertiary/aromatic N) is 2. The van der Waals surface area contributed by atoms with Crippen molar-refractivity contribution >= 4 is 0 Å². The molecule has 2 rings (SSSR count). The quantitative estimate of drug-likeness (QED) is 0.809. The molecule has 0 saturated carbocycles. The van der Waals surface area contributed by atoms with Crippen LogP contribution in [0.3, 0.4) is 0 Å². The van der Waals surface area contributed by atoms with E-state index in [0.717, 1.165) is 5.56 Å². The molecule has 0 bridgehead atoms. The summed E-state index contributed by atoms with van der Waals surface area (Å²) in [7, 11) is 3.09. The summed E-state index contributed by atoms with van der Waals surface area (Å²) in [4.78, 5) is 12.3. The van der Waals surface area contributed by atoms with Crippen LogP contribution in [-0.2, 0) is 6.54 Å². The largest absolute Gasteiger partial charge is 0.493 e. The van der Waals surface area contributed by atoms with E-state index in [-0.39, 0.29) is 12.1 Å². The van der Waals surface area contributed by atoms with E-state index in [0.29, 0.717) is 17.2 Å². The van der Waals surface area contributed by atoms with Crippen LogP contribution in [0, 0.1) is 23.7 Å². The van der Waals surface area contributed by atoms with Gasteiger partial charge < -0.3 is 9.47 Å². The molecule has 2 aromatic rings. The van der Waals surface area contributed by atoms with E-state index in [1.807, 2.05) is 6.07 Å². The molecular formula is C17H14N2O3. The van der Waals surface area contributed by atoms with Crippen LogP contribution in [0.15, 0.2) is 35.1 Å². The SMILES string of the molecule is C#CCn1c(-c2ccc(OC)c(OC)c2)ccc(C#N)c1=O. The van der Waals surface area contributed by atoms with Crippen molar-refractivity contribution in [2.75, 3.05) is 14.2 Å². The predicted octanol–water partition coefficient (Wildman–Crippen LogP) is 2.04. The second kappa shape index (κ2) is 6.51. The van der Waals surface area contributed by atoms with Crippen LogP contribution in [0.5, 0.6) is 11.5 Å². The Morgan fingerprint density at radius 2 is 1.91 bits per heavy atom. The smallest absolute Gasteiger partial charge is 0.269 e. The lowest BCUT2D eigenvalue weighted by Gasteiger charge is -2.13. The van der Waals surface area contributed by atoms with Gasteiger partial charge >= 0.3 is 0 Å². The molecule has 0 aliphatic rings. The molecule has 0 atom stereocenters. The summed E-state index contributed by atoms with van der Waals surface area (Å²) in [6.07, 6.45) is 5.33. The number of hydrogen-bond acceptors (Lipinski definition) is 4. The lowest BCUT2D eigenvalue weighted by atomic mass is 10.1. The molecule has 0 spiro atoms. The second-order valence-electron chi connectivity index (χ2n) is 4.41. The van der Waals surface area contributed by atoms with Crippen LogP contribution in [0.4, 0.5) is 0 Å². The minimum Gasteiger partial charge on any atom is -0.493 e. The molecule has 0 fully saturated rings. The minimum atomic E-state index is -0.410. The summed E-state index contributed by atoms with van der Waals surface area (Å²) in [6.45, 7) is 0.0814. The zero-order chi connectivity index (χ0) is 16.1. The molecule has 5 heteroatoms. The molecule has 110 valence electrons. The fraction of sp³-hybridized carbons (Fsp3) is 0.176. The van der Waals surface area contributed by atoms with Crippen molar-refractivity contribution in [3.63, 3.8) is 0 Å². The summed E-state index contributed by atoms with van der Waals surface area (Å²) < 4.78 is 11.9. The van der Waals surface area contributed by atoms with Gasteiger partial charge in [-0.3, -0.25) is 9.36 Å². The zero-order valence-electron chi connectivity index (χ0n) is 12.3. The third-order valence-corrected chi connectivity index (χ3v) is 3.22. The number of aromatic nitrogens is 1. The highest BCUT2D eigenvalue weighted by molar-refractivity contribution is 5.65. The van der Waals surface area contributed by atoms with Gasteiger partial charge in [-0.15, -0.1) is 6.42 Å². The van der Waals surface area contributed by atoms with Gasteiger partial charge in [0.25, 0.3) is 5.56 Å². The average Bonchev–Trinajstić information content (AvgIpc) is 2.56. The van der Waals surface area contributed by atoms with Crippen molar-refractivity contribution in [1.82, 2.24) is 4.57 Å². The molecule has 22 heavy (non-hydrogen) atoms. The molecule has 1 heterocycles. The first-order valence-electron chi connectivity index (χ1n) is 6.46. The summed E-state index contributed by atoms with van der Waals surface area (Å²) in [5.41, 5.74) is 1.00. The Morgan fingerprint density at radius 1 is 1.18 bits per heavy atom. The molecule has 1 aromatic carbocycles. The summed E-state index contributed by atoms with van der Waals surface area (Å²) in [5, 5.41) is 8.97. The first-order valence-corrected chi connectivity index (χ1v) is 6.46. The lowest BCUT2D eigenvalue weighted by molar-refractivity contribution is 0.355. The van der Waals surface area contributed by atoms with Gasteiger partial charge in [-0.25, -0.2) is 0 Å². The summed E-state index contributed by atoms with van der Waals surface area (Å²) >= 11 is 0. The van der Waals surface area contributed by atoms with Crippen molar-refractivity contribution in [2.45, 2.75) is 6.54 Å². The Balaban J connectivity index is 2.68. The Bertz CT molecular complexity index is 838. The van der Waals surface area contributed by atoms with E-state index < -0.39 is 5.56 Å². The normalized spacial score (nSPS) is 9.64. The maximum atomic E-state index is 12.3. The van der Waals surface area contributed by atoms with Crippen molar-refractivity contribution in [1.29, 1.82) is 5.26 Å². The standard InChI is InChI=1S/C17H14N2O3/c1-4-9-19-14(7-5-13(11-18)17(19)20)12-6-8-15(21-2)16(10-12)22-3/h1,5-8,10H,9H2,2-3H3. The van der Waals surface area contributed by atoms with Gasteiger partial charge in [0.2, 0.25) is 0 Å². The summed E-state index contributed by atoms with van der Waals surface area (Å²) in [5.74, 6) is 3.57. The molecule has 0 aliphatic heterocycles. The van der Waals surface area contributed by atoms with Crippen molar-refractivity contribution in [3.05, 3.63) is 46.2 Å². The lowest BCUT2D eigenvalue weighted by Crippen LogP contribution is -2.23. The molecule has 5 nitrogen and oxygen atoms in total. The molecule has 0 amide bonds. The summed E-state index contributed by atoms with van der Waals surface area (Å²) in [6, 6.07) is 10.4. The third kappa shape index (κ3) is 2.65. The number of ether oxygens (including phenoxy) is 2.